The molecule has 0 unspecified atom stereocenters. The Hall–Kier alpha value is -1.73. The van der Waals surface area contributed by atoms with E-state index in [1.165, 1.54) is 0 Å². The Bertz CT molecular complexity index is 706. The van der Waals surface area contributed by atoms with Crippen LogP contribution in [0, 0.1) is 0 Å². The molecular formula is C14H14BrN5S. The van der Waals surface area contributed by atoms with Crippen molar-refractivity contribution in [1.82, 2.24) is 19.7 Å². The van der Waals surface area contributed by atoms with Crippen molar-refractivity contribution in [3.63, 3.8) is 0 Å². The first-order valence-corrected chi connectivity index (χ1v) is 8.19. The number of rotatable bonds is 4. The Morgan fingerprint density at radius 2 is 2.19 bits per heavy atom. The monoisotopic (exact) mass is 363 g/mol. The molecule has 108 valence electrons. The predicted molar refractivity (Wildman–Crippen MR) is 89.4 cm³/mol. The van der Waals surface area contributed by atoms with Crippen LogP contribution < -0.4 is 5.32 Å². The molecular weight excluding hydrogens is 350 g/mol. The van der Waals surface area contributed by atoms with Crippen LogP contribution in [0.4, 0.5) is 5.82 Å². The highest BCUT2D eigenvalue weighted by Gasteiger charge is 2.11. The molecule has 3 aromatic rings. The summed E-state index contributed by atoms with van der Waals surface area (Å²) in [5.41, 5.74) is 1.85. The minimum absolute atomic E-state index is 0.725. The van der Waals surface area contributed by atoms with Crippen LogP contribution >= 0.6 is 27.3 Å². The summed E-state index contributed by atoms with van der Waals surface area (Å²) in [7, 11) is 1.90. The Morgan fingerprint density at radius 1 is 1.33 bits per heavy atom. The lowest BCUT2D eigenvalue weighted by molar-refractivity contribution is 0.768. The highest BCUT2D eigenvalue weighted by molar-refractivity contribution is 9.10. The molecule has 21 heavy (non-hydrogen) atoms. The van der Waals surface area contributed by atoms with Crippen LogP contribution in [-0.2, 0) is 7.05 Å². The van der Waals surface area contributed by atoms with Crippen LogP contribution in [0.15, 0.2) is 34.4 Å². The number of aryl methyl sites for hydroxylation is 1. The quantitative estimate of drug-likeness (QED) is 0.765. The number of halogens is 1. The van der Waals surface area contributed by atoms with Gasteiger partial charge in [0.2, 0.25) is 0 Å². The van der Waals surface area contributed by atoms with E-state index >= 15 is 0 Å². The highest BCUT2D eigenvalue weighted by atomic mass is 79.9. The zero-order chi connectivity index (χ0) is 14.8. The first-order valence-electron chi connectivity index (χ1n) is 6.52. The molecule has 0 spiro atoms. The van der Waals surface area contributed by atoms with Gasteiger partial charge in [0.1, 0.15) is 5.82 Å². The van der Waals surface area contributed by atoms with E-state index in [9.17, 15) is 0 Å². The first kappa shape index (κ1) is 14.2. The fraction of sp³-hybridized carbons (Fsp3) is 0.214. The van der Waals surface area contributed by atoms with Gasteiger partial charge in [-0.3, -0.25) is 4.68 Å². The van der Waals surface area contributed by atoms with Gasteiger partial charge < -0.3 is 5.32 Å². The summed E-state index contributed by atoms with van der Waals surface area (Å²) in [5, 5.41) is 9.49. The summed E-state index contributed by atoms with van der Waals surface area (Å²) >= 11 is 5.09. The van der Waals surface area contributed by atoms with Crippen molar-refractivity contribution in [1.29, 1.82) is 0 Å². The van der Waals surface area contributed by atoms with Gasteiger partial charge in [-0.25, -0.2) is 9.97 Å². The number of nitrogens with one attached hydrogen (secondary N) is 1. The second-order valence-electron chi connectivity index (χ2n) is 4.52. The van der Waals surface area contributed by atoms with E-state index in [-0.39, 0.29) is 0 Å². The van der Waals surface area contributed by atoms with E-state index in [1.807, 2.05) is 43.9 Å². The Balaban J connectivity index is 2.09. The summed E-state index contributed by atoms with van der Waals surface area (Å²) in [6.45, 7) is 2.87. The van der Waals surface area contributed by atoms with Crippen molar-refractivity contribution in [2.24, 2.45) is 7.05 Å². The SMILES string of the molecule is CCNc1cc(-c2cnn(C)c2)nc(-c2cc(Br)cs2)n1. The summed E-state index contributed by atoms with van der Waals surface area (Å²) in [6.07, 6.45) is 3.76. The summed E-state index contributed by atoms with van der Waals surface area (Å²) in [4.78, 5) is 10.3. The number of thiophene rings is 1. The first-order chi connectivity index (χ1) is 10.2. The van der Waals surface area contributed by atoms with Crippen LogP contribution in [0.2, 0.25) is 0 Å². The van der Waals surface area contributed by atoms with Crippen molar-refractivity contribution >= 4 is 33.1 Å². The number of anilines is 1. The number of nitrogens with zero attached hydrogens (tertiary/aromatic N) is 4. The zero-order valence-electron chi connectivity index (χ0n) is 11.7. The minimum atomic E-state index is 0.725. The van der Waals surface area contributed by atoms with E-state index in [0.29, 0.717) is 0 Å². The average Bonchev–Trinajstić information content (AvgIpc) is 3.08. The highest BCUT2D eigenvalue weighted by Crippen LogP contribution is 2.30. The normalized spacial score (nSPS) is 10.8. The topological polar surface area (TPSA) is 55.6 Å². The van der Waals surface area contributed by atoms with Gasteiger partial charge in [0.25, 0.3) is 0 Å². The molecule has 0 aliphatic rings. The van der Waals surface area contributed by atoms with Crippen molar-refractivity contribution in [3.05, 3.63) is 34.4 Å². The van der Waals surface area contributed by atoms with Crippen LogP contribution in [0.25, 0.3) is 22.0 Å². The van der Waals surface area contributed by atoms with Gasteiger partial charge in [-0.1, -0.05) is 0 Å². The third-order valence-corrected chi connectivity index (χ3v) is 4.56. The number of aromatic nitrogens is 4. The van der Waals surface area contributed by atoms with Gasteiger partial charge >= 0.3 is 0 Å². The van der Waals surface area contributed by atoms with E-state index in [0.717, 1.165) is 38.8 Å². The lowest BCUT2D eigenvalue weighted by atomic mass is 10.2. The van der Waals surface area contributed by atoms with E-state index in [1.54, 1.807) is 16.0 Å². The van der Waals surface area contributed by atoms with Crippen molar-refractivity contribution in [3.8, 4) is 22.0 Å². The van der Waals surface area contributed by atoms with Gasteiger partial charge in [0, 0.05) is 41.3 Å². The Kier molecular flexibility index (Phi) is 4.03. The minimum Gasteiger partial charge on any atom is -0.370 e. The molecule has 7 heteroatoms. The average molecular weight is 364 g/mol. The van der Waals surface area contributed by atoms with Gasteiger partial charge in [-0.05, 0) is 28.9 Å². The van der Waals surface area contributed by atoms with Crippen LogP contribution in [0.5, 0.6) is 0 Å². The molecule has 0 aromatic carbocycles. The molecule has 3 heterocycles. The Labute approximate surface area is 135 Å². The molecule has 3 rings (SSSR count). The number of hydrogen-bond donors (Lipinski definition) is 1. The summed E-state index contributed by atoms with van der Waals surface area (Å²) in [5.74, 6) is 1.55. The summed E-state index contributed by atoms with van der Waals surface area (Å²) < 4.78 is 2.81. The molecule has 0 aliphatic carbocycles. The van der Waals surface area contributed by atoms with E-state index in [2.05, 4.69) is 36.3 Å². The van der Waals surface area contributed by atoms with Crippen LogP contribution in [-0.4, -0.2) is 26.3 Å². The molecule has 0 bridgehead atoms. The number of hydrogen-bond acceptors (Lipinski definition) is 5. The molecule has 5 nitrogen and oxygen atoms in total. The lowest BCUT2D eigenvalue weighted by Gasteiger charge is -2.07. The van der Waals surface area contributed by atoms with Gasteiger partial charge in [-0.2, -0.15) is 5.10 Å². The van der Waals surface area contributed by atoms with Crippen molar-refractivity contribution in [2.45, 2.75) is 6.92 Å². The van der Waals surface area contributed by atoms with E-state index in [4.69, 9.17) is 0 Å². The van der Waals surface area contributed by atoms with Crippen molar-refractivity contribution in [2.75, 3.05) is 11.9 Å². The fourth-order valence-electron chi connectivity index (χ4n) is 1.96. The van der Waals surface area contributed by atoms with Gasteiger partial charge in [0.15, 0.2) is 5.82 Å². The largest absolute Gasteiger partial charge is 0.370 e. The molecule has 0 atom stereocenters. The van der Waals surface area contributed by atoms with Gasteiger partial charge in [-0.15, -0.1) is 11.3 Å². The zero-order valence-corrected chi connectivity index (χ0v) is 14.1. The fourth-order valence-corrected chi connectivity index (χ4v) is 3.32. The van der Waals surface area contributed by atoms with E-state index < -0.39 is 0 Å². The molecule has 0 saturated carbocycles. The molecule has 1 N–H and O–H groups in total. The maximum Gasteiger partial charge on any atom is 0.172 e. The second-order valence-corrected chi connectivity index (χ2v) is 6.35. The molecule has 3 aromatic heterocycles. The third kappa shape index (κ3) is 3.14. The second kappa shape index (κ2) is 5.95. The molecule has 0 fully saturated rings. The van der Waals surface area contributed by atoms with Crippen LogP contribution in [0.3, 0.4) is 0 Å². The standard InChI is InChI=1S/C14H14BrN5S/c1-3-16-13-5-11(9-6-17-20(2)7-9)18-14(19-13)12-4-10(15)8-21-12/h4-8H,3H2,1-2H3,(H,16,18,19). The van der Waals surface area contributed by atoms with Crippen molar-refractivity contribution < 1.29 is 0 Å². The Morgan fingerprint density at radius 3 is 2.81 bits per heavy atom. The maximum atomic E-state index is 4.67. The van der Waals surface area contributed by atoms with Gasteiger partial charge in [0.05, 0.1) is 16.8 Å². The molecule has 0 aliphatic heterocycles. The molecule has 0 radical (unpaired) electrons. The molecule has 0 amide bonds. The van der Waals surface area contributed by atoms with Crippen LogP contribution in [0.1, 0.15) is 6.92 Å². The molecule has 0 saturated heterocycles. The predicted octanol–water partition coefficient (Wildman–Crippen LogP) is 3.80. The summed E-state index contributed by atoms with van der Waals surface area (Å²) in [6, 6.07) is 3.98. The third-order valence-electron chi connectivity index (χ3n) is 2.87. The lowest BCUT2D eigenvalue weighted by Crippen LogP contribution is -2.02. The smallest absolute Gasteiger partial charge is 0.172 e. The maximum absolute atomic E-state index is 4.67.